The van der Waals surface area contributed by atoms with Gasteiger partial charge in [0.2, 0.25) is 5.82 Å². The number of nitrogens with two attached hydrogens (primary N) is 1. The summed E-state index contributed by atoms with van der Waals surface area (Å²) in [4.78, 5) is 4.39. The summed E-state index contributed by atoms with van der Waals surface area (Å²) in [6.45, 7) is 0. The monoisotopic (exact) mass is 302 g/mol. The first kappa shape index (κ1) is 13.3. The van der Waals surface area contributed by atoms with Crippen LogP contribution in [0.4, 0.5) is 5.82 Å². The molecule has 0 aliphatic carbocycles. The lowest BCUT2D eigenvalue weighted by molar-refractivity contribution is 0.432. The Balaban J connectivity index is 1.73. The van der Waals surface area contributed by atoms with Crippen LogP contribution in [0.1, 0.15) is 0 Å². The van der Waals surface area contributed by atoms with Crippen LogP contribution in [0.5, 0.6) is 0 Å². The first-order valence-corrected chi connectivity index (χ1v) is 7.02. The summed E-state index contributed by atoms with van der Waals surface area (Å²) in [7, 11) is 0. The summed E-state index contributed by atoms with van der Waals surface area (Å²) in [5.41, 5.74) is 8.51. The van der Waals surface area contributed by atoms with Gasteiger partial charge in [-0.2, -0.15) is 10.1 Å². The Morgan fingerprint density at radius 2 is 1.83 bits per heavy atom. The van der Waals surface area contributed by atoms with E-state index in [0.29, 0.717) is 23.1 Å². The molecule has 6 heteroatoms. The van der Waals surface area contributed by atoms with E-state index in [1.54, 1.807) is 23.0 Å². The van der Waals surface area contributed by atoms with Gasteiger partial charge in [0.15, 0.2) is 0 Å². The minimum Gasteiger partial charge on any atom is -0.383 e. The average Bonchev–Trinajstić information content (AvgIpc) is 3.23. The summed E-state index contributed by atoms with van der Waals surface area (Å²) in [5, 5.41) is 8.30. The highest BCUT2D eigenvalue weighted by Crippen LogP contribution is 2.28. The second-order valence-corrected chi connectivity index (χ2v) is 4.90. The largest absolute Gasteiger partial charge is 0.383 e. The first-order chi connectivity index (χ1) is 11.3. The number of benzene rings is 2. The number of aromatic nitrogens is 4. The molecule has 1 radical (unpaired) electrons. The molecule has 0 saturated carbocycles. The van der Waals surface area contributed by atoms with Gasteiger partial charge < -0.3 is 10.3 Å². The molecule has 4 aromatic rings. The number of hydrogen-bond donors (Lipinski definition) is 1. The molecular formula is C17H12N5O. The molecular weight excluding hydrogens is 290 g/mol. The third-order valence-electron chi connectivity index (χ3n) is 3.44. The molecule has 0 aliphatic heterocycles. The van der Waals surface area contributed by atoms with Crippen LogP contribution in [0.25, 0.3) is 28.5 Å². The van der Waals surface area contributed by atoms with Crippen molar-refractivity contribution >= 4 is 5.82 Å². The predicted octanol–water partition coefficient (Wildman–Crippen LogP) is 2.97. The maximum absolute atomic E-state index is 6.18. The van der Waals surface area contributed by atoms with Crippen molar-refractivity contribution in [3.05, 3.63) is 66.9 Å². The lowest BCUT2D eigenvalue weighted by Gasteiger charge is -2.03. The van der Waals surface area contributed by atoms with Crippen LogP contribution >= 0.6 is 0 Å². The van der Waals surface area contributed by atoms with Crippen molar-refractivity contribution < 1.29 is 4.52 Å². The van der Waals surface area contributed by atoms with Gasteiger partial charge in [-0.1, -0.05) is 47.6 Å². The van der Waals surface area contributed by atoms with Gasteiger partial charge in [-0.15, -0.1) is 0 Å². The maximum Gasteiger partial charge on any atom is 0.263 e. The van der Waals surface area contributed by atoms with Gasteiger partial charge >= 0.3 is 0 Å². The molecule has 23 heavy (non-hydrogen) atoms. The van der Waals surface area contributed by atoms with E-state index in [1.807, 2.05) is 42.5 Å². The summed E-state index contributed by atoms with van der Waals surface area (Å²) in [5.74, 6) is 1.29. The molecule has 4 rings (SSSR count). The Bertz CT molecular complexity index is 928. The van der Waals surface area contributed by atoms with E-state index in [4.69, 9.17) is 10.3 Å². The zero-order valence-electron chi connectivity index (χ0n) is 12.0. The fourth-order valence-corrected chi connectivity index (χ4v) is 2.28. The molecule has 0 saturated heterocycles. The summed E-state index contributed by atoms with van der Waals surface area (Å²) in [6.07, 6.45) is 1.62. The van der Waals surface area contributed by atoms with Crippen LogP contribution in [0.15, 0.2) is 65.3 Å². The normalized spacial score (nSPS) is 10.8. The SMILES string of the molecule is Nc1c(-c2nc(-c3cc[c]cc3)no2)cnn1-c1ccccc1. The quantitative estimate of drug-likeness (QED) is 0.629. The van der Waals surface area contributed by atoms with Crippen molar-refractivity contribution in [1.82, 2.24) is 19.9 Å². The Hall–Kier alpha value is -3.41. The van der Waals surface area contributed by atoms with Gasteiger partial charge in [-0.3, -0.25) is 0 Å². The predicted molar refractivity (Wildman–Crippen MR) is 85.5 cm³/mol. The highest BCUT2D eigenvalue weighted by Gasteiger charge is 2.17. The van der Waals surface area contributed by atoms with Crippen LogP contribution in [0.2, 0.25) is 0 Å². The van der Waals surface area contributed by atoms with Crippen molar-refractivity contribution in [3.8, 4) is 28.5 Å². The maximum atomic E-state index is 6.18. The fourth-order valence-electron chi connectivity index (χ4n) is 2.28. The number of rotatable bonds is 3. The number of para-hydroxylation sites is 1. The highest BCUT2D eigenvalue weighted by atomic mass is 16.5. The molecule has 0 atom stereocenters. The fraction of sp³-hybridized carbons (Fsp3) is 0. The molecule has 2 N–H and O–H groups in total. The molecule has 2 aromatic heterocycles. The second kappa shape index (κ2) is 5.42. The van der Waals surface area contributed by atoms with Crippen molar-refractivity contribution in [3.63, 3.8) is 0 Å². The van der Waals surface area contributed by atoms with Crippen LogP contribution in [0, 0.1) is 6.07 Å². The zero-order valence-corrected chi connectivity index (χ0v) is 12.0. The standard InChI is InChI=1S/C17H12N5O/c18-15-14(11-19-22(15)13-9-5-2-6-10-13)17-20-16(21-23-17)12-7-3-1-4-8-12/h2-11H,18H2. The van der Waals surface area contributed by atoms with E-state index in [1.165, 1.54) is 0 Å². The Morgan fingerprint density at radius 3 is 2.61 bits per heavy atom. The van der Waals surface area contributed by atoms with E-state index in [2.05, 4.69) is 21.3 Å². The lowest BCUT2D eigenvalue weighted by atomic mass is 10.2. The first-order valence-electron chi connectivity index (χ1n) is 7.02. The molecule has 0 bridgehead atoms. The Morgan fingerprint density at radius 1 is 1.04 bits per heavy atom. The van der Waals surface area contributed by atoms with Gasteiger partial charge in [0, 0.05) is 5.56 Å². The van der Waals surface area contributed by atoms with Crippen molar-refractivity contribution in [2.24, 2.45) is 0 Å². The molecule has 0 unspecified atom stereocenters. The third kappa shape index (κ3) is 2.36. The summed E-state index contributed by atoms with van der Waals surface area (Å²) >= 11 is 0. The van der Waals surface area contributed by atoms with Gasteiger partial charge in [0.25, 0.3) is 5.89 Å². The van der Waals surface area contributed by atoms with Crippen molar-refractivity contribution in [2.45, 2.75) is 0 Å². The van der Waals surface area contributed by atoms with E-state index in [9.17, 15) is 0 Å². The molecule has 0 aliphatic rings. The third-order valence-corrected chi connectivity index (χ3v) is 3.44. The molecule has 0 spiro atoms. The highest BCUT2D eigenvalue weighted by molar-refractivity contribution is 5.69. The zero-order chi connectivity index (χ0) is 15.6. The number of anilines is 1. The number of nitrogen functional groups attached to an aromatic ring is 1. The van der Waals surface area contributed by atoms with Crippen LogP contribution in [-0.2, 0) is 0 Å². The topological polar surface area (TPSA) is 82.8 Å². The van der Waals surface area contributed by atoms with Crippen LogP contribution in [-0.4, -0.2) is 19.9 Å². The van der Waals surface area contributed by atoms with E-state index in [0.717, 1.165) is 11.3 Å². The molecule has 2 heterocycles. The minimum absolute atomic E-state index is 0.340. The molecule has 6 nitrogen and oxygen atoms in total. The number of nitrogens with zero attached hydrogens (tertiary/aromatic N) is 4. The summed E-state index contributed by atoms with van der Waals surface area (Å²) < 4.78 is 6.97. The Labute approximate surface area is 132 Å². The van der Waals surface area contributed by atoms with Gasteiger partial charge in [-0.05, 0) is 18.2 Å². The number of hydrogen-bond acceptors (Lipinski definition) is 5. The smallest absolute Gasteiger partial charge is 0.263 e. The van der Waals surface area contributed by atoms with E-state index in [-0.39, 0.29) is 0 Å². The molecule has 111 valence electrons. The Kier molecular flexibility index (Phi) is 3.12. The van der Waals surface area contributed by atoms with Crippen molar-refractivity contribution in [1.29, 1.82) is 0 Å². The molecule has 0 fully saturated rings. The van der Waals surface area contributed by atoms with Crippen LogP contribution < -0.4 is 5.73 Å². The average molecular weight is 302 g/mol. The molecule has 0 amide bonds. The molecule has 2 aromatic carbocycles. The lowest BCUT2D eigenvalue weighted by Crippen LogP contribution is -2.01. The minimum atomic E-state index is 0.340. The van der Waals surface area contributed by atoms with Crippen LogP contribution in [0.3, 0.4) is 0 Å². The van der Waals surface area contributed by atoms with Gasteiger partial charge in [0.05, 0.1) is 11.9 Å². The van der Waals surface area contributed by atoms with E-state index < -0.39 is 0 Å². The van der Waals surface area contributed by atoms with E-state index >= 15 is 0 Å². The van der Waals surface area contributed by atoms with Crippen molar-refractivity contribution in [2.75, 3.05) is 5.73 Å². The van der Waals surface area contributed by atoms with Gasteiger partial charge in [0.1, 0.15) is 11.4 Å². The summed E-state index contributed by atoms with van der Waals surface area (Å²) in [6, 6.07) is 19.9. The second-order valence-electron chi connectivity index (χ2n) is 4.90. The van der Waals surface area contributed by atoms with Gasteiger partial charge in [-0.25, -0.2) is 4.68 Å².